The number of pyridine rings is 1. The first-order valence-corrected chi connectivity index (χ1v) is 4.69. The Bertz CT molecular complexity index is 511. The lowest BCUT2D eigenvalue weighted by Gasteiger charge is -2.00. The fraction of sp³-hybridized carbons (Fsp3) is 0.182. The van der Waals surface area contributed by atoms with Crippen LogP contribution in [0.4, 0.5) is 0 Å². The average Bonchev–Trinajstić information content (AvgIpc) is 2.27. The van der Waals surface area contributed by atoms with Crippen LogP contribution < -0.4 is 11.3 Å². The van der Waals surface area contributed by atoms with Gasteiger partial charge < -0.3 is 10.8 Å². The van der Waals surface area contributed by atoms with Crippen LogP contribution in [0.3, 0.4) is 0 Å². The van der Waals surface area contributed by atoms with Gasteiger partial charge in [-0.1, -0.05) is 13.0 Å². The molecule has 0 aliphatic heterocycles. The zero-order valence-corrected chi connectivity index (χ0v) is 8.12. The number of H-pyrrole nitrogens is 1. The van der Waals surface area contributed by atoms with Crippen molar-refractivity contribution >= 4 is 10.9 Å². The van der Waals surface area contributed by atoms with Gasteiger partial charge in [0.15, 0.2) is 0 Å². The van der Waals surface area contributed by atoms with Crippen molar-refractivity contribution in [1.29, 1.82) is 0 Å². The van der Waals surface area contributed by atoms with Crippen LogP contribution in [0.25, 0.3) is 10.9 Å². The summed E-state index contributed by atoms with van der Waals surface area (Å²) in [7, 11) is 0. The first-order valence-electron chi connectivity index (χ1n) is 4.69. The summed E-state index contributed by atoms with van der Waals surface area (Å²) in [4.78, 5) is 3.14. The molecule has 0 amide bonds. The number of nitrogens with one attached hydrogen (secondary N) is 1. The van der Waals surface area contributed by atoms with Gasteiger partial charge in [0.2, 0.25) is 0 Å². The highest BCUT2D eigenvalue weighted by Crippen LogP contribution is 2.12. The third-order valence-corrected chi connectivity index (χ3v) is 2.35. The first kappa shape index (κ1) is 8.81. The van der Waals surface area contributed by atoms with Gasteiger partial charge in [-0.05, 0) is 41.6 Å². The van der Waals surface area contributed by atoms with Gasteiger partial charge in [0.05, 0.1) is 0 Å². The largest absolute Gasteiger partial charge is 0.338 e. The van der Waals surface area contributed by atoms with Crippen LogP contribution >= 0.6 is 0 Å². The zero-order chi connectivity index (χ0) is 9.97. The summed E-state index contributed by atoms with van der Waals surface area (Å²) < 4.78 is 0. The molecular weight excluding hydrogens is 174 g/mol. The smallest absolute Gasteiger partial charge is 0.149 e. The van der Waals surface area contributed by atoms with E-state index < -0.39 is 0 Å². The standard InChI is InChI=1S/C11H13N3/c1-2-8-3-5-10-9(7-8)4-6-11(13-10)14-12/h3-7H,2,12H2,1H3,(H,13,14). The number of benzene rings is 1. The Balaban J connectivity index is 2.69. The number of aryl methyl sites for hydroxylation is 1. The second-order valence-corrected chi connectivity index (χ2v) is 3.25. The number of nitrogens with two attached hydrogens (primary N) is 1. The minimum absolute atomic E-state index is 0.696. The molecule has 0 saturated carbocycles. The van der Waals surface area contributed by atoms with Crippen molar-refractivity contribution in [3.05, 3.63) is 41.4 Å². The van der Waals surface area contributed by atoms with Crippen molar-refractivity contribution in [2.75, 3.05) is 0 Å². The Morgan fingerprint density at radius 3 is 2.86 bits per heavy atom. The summed E-state index contributed by atoms with van der Waals surface area (Å²) in [6.07, 6.45) is 1.05. The number of rotatable bonds is 1. The molecule has 0 aliphatic carbocycles. The molecule has 0 saturated heterocycles. The quantitative estimate of drug-likeness (QED) is 0.516. The third-order valence-electron chi connectivity index (χ3n) is 2.35. The van der Waals surface area contributed by atoms with E-state index in [0.717, 1.165) is 11.9 Å². The summed E-state index contributed by atoms with van der Waals surface area (Å²) in [6, 6.07) is 10.2. The molecule has 0 atom stereocenters. The molecular formula is C11H13N3. The Morgan fingerprint density at radius 1 is 1.29 bits per heavy atom. The van der Waals surface area contributed by atoms with Gasteiger partial charge in [0.25, 0.3) is 0 Å². The second-order valence-electron chi connectivity index (χ2n) is 3.25. The number of aromatic nitrogens is 1. The van der Waals surface area contributed by atoms with Crippen LogP contribution in [0.15, 0.2) is 35.4 Å². The summed E-state index contributed by atoms with van der Waals surface area (Å²) in [5.74, 6) is 5.19. The molecule has 1 aromatic heterocycles. The summed E-state index contributed by atoms with van der Waals surface area (Å²) in [5, 5.41) is 4.80. The molecule has 2 aromatic rings. The molecule has 0 aliphatic rings. The molecule has 3 nitrogen and oxygen atoms in total. The van der Waals surface area contributed by atoms with Gasteiger partial charge in [-0.15, -0.1) is 0 Å². The van der Waals surface area contributed by atoms with E-state index in [1.165, 1.54) is 10.9 Å². The van der Waals surface area contributed by atoms with Crippen molar-refractivity contribution in [3.8, 4) is 0 Å². The molecule has 0 spiro atoms. The molecule has 1 aromatic carbocycles. The van der Waals surface area contributed by atoms with Crippen LogP contribution in [0.1, 0.15) is 12.5 Å². The minimum atomic E-state index is 0.696. The van der Waals surface area contributed by atoms with E-state index in [4.69, 9.17) is 5.84 Å². The fourth-order valence-corrected chi connectivity index (χ4v) is 1.51. The topological polar surface area (TPSA) is 54.2 Å². The highest BCUT2D eigenvalue weighted by Gasteiger charge is 1.94. The fourth-order valence-electron chi connectivity index (χ4n) is 1.51. The molecule has 0 radical (unpaired) electrons. The number of nitrogens with zero attached hydrogens (tertiary/aromatic N) is 1. The molecule has 0 unspecified atom stereocenters. The second kappa shape index (κ2) is 3.54. The van der Waals surface area contributed by atoms with Crippen LogP contribution in [0.5, 0.6) is 0 Å². The van der Waals surface area contributed by atoms with Gasteiger partial charge in [-0.2, -0.15) is 5.10 Å². The Morgan fingerprint density at radius 2 is 2.14 bits per heavy atom. The zero-order valence-electron chi connectivity index (χ0n) is 8.12. The Labute approximate surface area is 82.3 Å². The minimum Gasteiger partial charge on any atom is -0.338 e. The molecule has 2 rings (SSSR count). The maximum atomic E-state index is 5.19. The van der Waals surface area contributed by atoms with E-state index in [0.29, 0.717) is 5.49 Å². The van der Waals surface area contributed by atoms with Crippen LogP contribution in [-0.2, 0) is 6.42 Å². The number of aromatic amines is 1. The average molecular weight is 187 g/mol. The number of hydrogen-bond acceptors (Lipinski definition) is 2. The van der Waals surface area contributed by atoms with E-state index >= 15 is 0 Å². The molecule has 14 heavy (non-hydrogen) atoms. The first-order chi connectivity index (χ1) is 6.83. The van der Waals surface area contributed by atoms with Gasteiger partial charge in [-0.3, -0.25) is 0 Å². The monoisotopic (exact) mass is 187 g/mol. The van der Waals surface area contributed by atoms with E-state index in [9.17, 15) is 0 Å². The molecule has 3 N–H and O–H groups in total. The Hall–Kier alpha value is -1.77. The molecule has 72 valence electrons. The van der Waals surface area contributed by atoms with E-state index in [1.807, 2.05) is 12.1 Å². The summed E-state index contributed by atoms with van der Waals surface area (Å²) in [5.41, 5.74) is 3.10. The van der Waals surface area contributed by atoms with Crippen LogP contribution in [0.2, 0.25) is 0 Å². The lowest BCUT2D eigenvalue weighted by molar-refractivity contribution is 1.07. The maximum Gasteiger partial charge on any atom is 0.149 e. The number of fused-ring (bicyclic) bond motifs is 1. The van der Waals surface area contributed by atoms with Gasteiger partial charge in [0.1, 0.15) is 5.49 Å². The van der Waals surface area contributed by atoms with Crippen LogP contribution in [-0.4, -0.2) is 4.98 Å². The van der Waals surface area contributed by atoms with E-state index in [2.05, 4.69) is 35.2 Å². The Kier molecular flexibility index (Phi) is 2.23. The van der Waals surface area contributed by atoms with Crippen molar-refractivity contribution in [3.63, 3.8) is 0 Å². The molecule has 0 bridgehead atoms. The van der Waals surface area contributed by atoms with Crippen LogP contribution in [0, 0.1) is 0 Å². The highest BCUT2D eigenvalue weighted by molar-refractivity contribution is 5.78. The highest BCUT2D eigenvalue weighted by atomic mass is 15.1. The molecule has 1 heterocycles. The van der Waals surface area contributed by atoms with Gasteiger partial charge >= 0.3 is 0 Å². The number of hydrogen-bond donors (Lipinski definition) is 2. The summed E-state index contributed by atoms with van der Waals surface area (Å²) >= 11 is 0. The predicted molar refractivity (Wildman–Crippen MR) is 57.4 cm³/mol. The van der Waals surface area contributed by atoms with Crippen molar-refractivity contribution in [2.24, 2.45) is 10.9 Å². The van der Waals surface area contributed by atoms with Gasteiger partial charge in [-0.25, -0.2) is 0 Å². The van der Waals surface area contributed by atoms with E-state index in [-0.39, 0.29) is 0 Å². The van der Waals surface area contributed by atoms with Crippen molar-refractivity contribution in [1.82, 2.24) is 4.98 Å². The lowest BCUT2D eigenvalue weighted by Crippen LogP contribution is -2.09. The lowest BCUT2D eigenvalue weighted by atomic mass is 10.1. The van der Waals surface area contributed by atoms with Crippen molar-refractivity contribution in [2.45, 2.75) is 13.3 Å². The normalized spacial score (nSPS) is 12.2. The third kappa shape index (κ3) is 1.48. The predicted octanol–water partition coefficient (Wildman–Crippen LogP) is 1.50. The molecule has 0 fully saturated rings. The van der Waals surface area contributed by atoms with Gasteiger partial charge in [0, 0.05) is 5.52 Å². The SMILES string of the molecule is CCc1ccc2[nH]/c(=N/N)ccc2c1. The molecule has 3 heteroatoms. The van der Waals surface area contributed by atoms with E-state index in [1.54, 1.807) is 0 Å². The van der Waals surface area contributed by atoms with Crippen molar-refractivity contribution < 1.29 is 0 Å². The maximum absolute atomic E-state index is 5.19. The summed E-state index contributed by atoms with van der Waals surface area (Å²) in [6.45, 7) is 2.15.